The SMILES string of the molecule is CC[Te](I)(I)(I)(I)CC. The number of rotatable bonds is 2. The first-order chi connectivity index (χ1) is 3.62. The van der Waals surface area contributed by atoms with Crippen molar-refractivity contribution in [1.29, 1.82) is 0 Å². The zero-order valence-electron chi connectivity index (χ0n) is 5.33. The van der Waals surface area contributed by atoms with E-state index in [1.165, 1.54) is 8.94 Å². The average Bonchev–Trinajstić information content (AvgIpc) is 1.67. The van der Waals surface area contributed by atoms with Crippen LogP contribution in [0.1, 0.15) is 13.8 Å². The van der Waals surface area contributed by atoms with Crippen molar-refractivity contribution in [1.82, 2.24) is 0 Å². The maximum absolute atomic E-state index is 2.72. The van der Waals surface area contributed by atoms with E-state index in [9.17, 15) is 0 Å². The topological polar surface area (TPSA) is 0 Å². The molecular formula is C4H10I4Te. The van der Waals surface area contributed by atoms with Crippen LogP contribution in [0.4, 0.5) is 0 Å². The van der Waals surface area contributed by atoms with Gasteiger partial charge in [-0.25, -0.2) is 0 Å². The van der Waals surface area contributed by atoms with Crippen LogP contribution < -0.4 is 0 Å². The summed E-state index contributed by atoms with van der Waals surface area (Å²) >= 11 is 10.9. The molecule has 9 heavy (non-hydrogen) atoms. The van der Waals surface area contributed by atoms with Crippen LogP contribution in [-0.2, 0) is 0 Å². The molecule has 0 fully saturated rings. The van der Waals surface area contributed by atoms with Gasteiger partial charge in [-0.3, -0.25) is 0 Å². The van der Waals surface area contributed by atoms with Crippen molar-refractivity contribution in [3.63, 3.8) is 0 Å². The summed E-state index contributed by atoms with van der Waals surface area (Å²) < 4.78 is 0.298. The molecular weight excluding hydrogens is 683 g/mol. The summed E-state index contributed by atoms with van der Waals surface area (Å²) in [6.45, 7) is 4.62. The van der Waals surface area contributed by atoms with Gasteiger partial charge in [0.05, 0.1) is 0 Å². The van der Waals surface area contributed by atoms with Gasteiger partial charge in [0.2, 0.25) is 0 Å². The normalized spacial score (nSPS) is 20.7. The molecule has 5 heteroatoms. The van der Waals surface area contributed by atoms with Gasteiger partial charge in [0.15, 0.2) is 0 Å². The Morgan fingerprint density at radius 2 is 1.11 bits per heavy atom. The van der Waals surface area contributed by atoms with Gasteiger partial charge in [-0.15, -0.1) is 0 Å². The first-order valence-electron chi connectivity index (χ1n) is 2.61. The van der Waals surface area contributed by atoms with E-state index < -0.39 is -0.342 Å². The molecule has 0 spiro atoms. The van der Waals surface area contributed by atoms with Crippen LogP contribution in [0.15, 0.2) is 0 Å². The molecule has 0 heterocycles. The summed E-state index contributed by atoms with van der Waals surface area (Å²) in [6, 6.07) is 0. The molecule has 0 aliphatic rings. The summed E-state index contributed by atoms with van der Waals surface area (Å²) in [6.07, 6.45) is 0. The Hall–Kier alpha value is 3.71. The molecule has 0 saturated heterocycles. The van der Waals surface area contributed by atoms with E-state index in [1.807, 2.05) is 0 Å². The first-order valence-corrected chi connectivity index (χ1v) is 33.1. The molecule has 0 aromatic carbocycles. The van der Waals surface area contributed by atoms with Crippen LogP contribution >= 0.6 is 74.8 Å². The molecule has 0 nitrogen and oxygen atoms in total. The Kier molecular flexibility index (Phi) is 4.42. The molecule has 0 radical (unpaired) electrons. The van der Waals surface area contributed by atoms with E-state index in [-0.39, 0.29) is 0 Å². The van der Waals surface area contributed by atoms with Crippen molar-refractivity contribution in [2.24, 2.45) is 0 Å². The van der Waals surface area contributed by atoms with Crippen LogP contribution in [0.5, 0.6) is 0 Å². The molecule has 0 aliphatic carbocycles. The van der Waals surface area contributed by atoms with Crippen LogP contribution in [0.25, 0.3) is 0 Å². The van der Waals surface area contributed by atoms with E-state index in [0.29, 0.717) is 0 Å². The fourth-order valence-electron chi connectivity index (χ4n) is 0.204. The van der Waals surface area contributed by atoms with Crippen molar-refractivity contribution in [3.8, 4) is 0 Å². The third kappa shape index (κ3) is 5.87. The van der Waals surface area contributed by atoms with Gasteiger partial charge >= 0.3 is 97.2 Å². The monoisotopic (exact) mass is 696 g/mol. The molecule has 0 aromatic heterocycles. The van der Waals surface area contributed by atoms with Crippen molar-refractivity contribution in [3.05, 3.63) is 0 Å². The van der Waals surface area contributed by atoms with Gasteiger partial charge in [0, 0.05) is 0 Å². The Labute approximate surface area is 94.2 Å². The molecule has 0 aliphatic heterocycles. The fraction of sp³-hybridized carbons (Fsp3) is 1.00. The number of hydrogen-bond acceptors (Lipinski definition) is 0. The maximum atomic E-state index is 2.72. The molecule has 0 aromatic rings. The number of halogens is 4. The Morgan fingerprint density at radius 1 is 0.889 bits per heavy atom. The second kappa shape index (κ2) is 3.13. The van der Waals surface area contributed by atoms with E-state index in [2.05, 4.69) is 88.6 Å². The third-order valence-electron chi connectivity index (χ3n) is 1.28. The van der Waals surface area contributed by atoms with E-state index in [1.54, 1.807) is 0 Å². The summed E-state index contributed by atoms with van der Waals surface area (Å²) in [5.74, 6) is 0. The van der Waals surface area contributed by atoms with Gasteiger partial charge in [-0.2, -0.15) is 0 Å². The average molecular weight is 693 g/mol. The van der Waals surface area contributed by atoms with E-state index in [0.717, 1.165) is 0 Å². The van der Waals surface area contributed by atoms with Crippen LogP contribution in [-0.4, -0.2) is -0.342 Å². The van der Waals surface area contributed by atoms with Gasteiger partial charge in [-0.05, 0) is 0 Å². The van der Waals surface area contributed by atoms with Crippen molar-refractivity contribution >= 4 is 74.4 Å². The van der Waals surface area contributed by atoms with Crippen LogP contribution in [0.2, 0.25) is 8.94 Å². The standard InChI is InChI=1S/C4H10I4Te/c1-3-9(5,6,7,8)4-2/h3-4H2,1-2H3. The predicted octanol–water partition coefficient (Wildman–Crippen LogP) is 5.11. The second-order valence-corrected chi connectivity index (χ2v) is 150. The second-order valence-electron chi connectivity index (χ2n) is 2.00. The van der Waals surface area contributed by atoms with Crippen molar-refractivity contribution in [2.75, 3.05) is 0 Å². The zero-order valence-corrected chi connectivity index (χ0v) is 16.3. The predicted molar refractivity (Wildman–Crippen MR) is 82.8 cm³/mol. The van der Waals surface area contributed by atoms with Crippen molar-refractivity contribution in [2.45, 2.75) is 22.8 Å². The van der Waals surface area contributed by atoms with E-state index >= 15 is 0 Å². The Morgan fingerprint density at radius 3 is 1.11 bits per heavy atom. The van der Waals surface area contributed by atoms with Crippen LogP contribution in [0.3, 0.4) is 0 Å². The van der Waals surface area contributed by atoms with Gasteiger partial charge in [0.25, 0.3) is 0 Å². The zero-order chi connectivity index (χ0) is 7.82. The first kappa shape index (κ1) is 12.7. The quantitative estimate of drug-likeness (QED) is 0.279. The summed E-state index contributed by atoms with van der Waals surface area (Å²) in [4.78, 5) is 0. The summed E-state index contributed by atoms with van der Waals surface area (Å²) in [5, 5.41) is 0. The number of hydrogen-bond donors (Lipinski definition) is 0. The molecule has 0 unspecified atom stereocenters. The van der Waals surface area contributed by atoms with Gasteiger partial charge in [-0.1, -0.05) is 0 Å². The van der Waals surface area contributed by atoms with Gasteiger partial charge in [0.1, 0.15) is 0 Å². The molecule has 60 valence electrons. The minimum absolute atomic E-state index is 1.36. The molecule has 0 bridgehead atoms. The molecule has 0 amide bonds. The van der Waals surface area contributed by atoms with Crippen LogP contribution in [0, 0.1) is 0 Å². The molecule has 0 rings (SSSR count). The summed E-state index contributed by atoms with van der Waals surface area (Å²) in [5.41, 5.74) is 0. The van der Waals surface area contributed by atoms with Gasteiger partial charge < -0.3 is 0 Å². The molecule has 0 atom stereocenters. The van der Waals surface area contributed by atoms with Crippen molar-refractivity contribution < 1.29 is 0 Å². The summed E-state index contributed by atoms with van der Waals surface area (Å²) in [7, 11) is 0. The third-order valence-corrected chi connectivity index (χ3v) is 42.0. The van der Waals surface area contributed by atoms with E-state index in [4.69, 9.17) is 0 Å². The Bertz CT molecular complexity index is 110. The molecule has 0 saturated carbocycles. The fourth-order valence-corrected chi connectivity index (χ4v) is 1.37. The Balaban J connectivity index is 4.64. The molecule has 0 N–H and O–H groups in total. The minimum atomic E-state index is -2.43.